The molecule has 250 valence electrons. The third-order valence-corrected chi connectivity index (χ3v) is 9.88. The van der Waals surface area contributed by atoms with Crippen molar-refractivity contribution in [2.75, 3.05) is 42.5 Å². The lowest BCUT2D eigenvalue weighted by Gasteiger charge is -2.63. The Morgan fingerprint density at radius 3 is 2.40 bits per heavy atom. The minimum absolute atomic E-state index is 0.188. The van der Waals surface area contributed by atoms with E-state index in [1.807, 2.05) is 18.2 Å². The molecule has 3 aromatic rings. The largest absolute Gasteiger partial charge is 0.489 e. The number of benzene rings is 1. The maximum Gasteiger partial charge on any atom is 0.328 e. The number of ether oxygens (including phenoxy) is 1. The van der Waals surface area contributed by atoms with Crippen LogP contribution in [0.3, 0.4) is 0 Å². The van der Waals surface area contributed by atoms with E-state index in [2.05, 4.69) is 69.4 Å². The summed E-state index contributed by atoms with van der Waals surface area (Å²) in [7, 11) is 0. The van der Waals surface area contributed by atoms with Crippen LogP contribution in [0.1, 0.15) is 55.9 Å². The Morgan fingerprint density at radius 2 is 1.79 bits per heavy atom. The predicted molar refractivity (Wildman–Crippen MR) is 179 cm³/mol. The van der Waals surface area contributed by atoms with E-state index in [1.165, 1.54) is 4.90 Å². The number of halogens is 1. The van der Waals surface area contributed by atoms with Gasteiger partial charge in [0.25, 0.3) is 5.91 Å². The molecule has 0 bridgehead atoms. The highest BCUT2D eigenvalue weighted by molar-refractivity contribution is 6.31. The maximum absolute atomic E-state index is 13.3. The van der Waals surface area contributed by atoms with Crippen molar-refractivity contribution in [2.24, 2.45) is 10.8 Å². The zero-order chi connectivity index (χ0) is 34.2. The normalized spacial score (nSPS) is 21.9. The molecule has 4 heterocycles. The molecule has 1 aliphatic carbocycles. The Morgan fingerprint density at radius 1 is 1.04 bits per heavy atom. The summed E-state index contributed by atoms with van der Waals surface area (Å²) >= 11 is 6.21. The van der Waals surface area contributed by atoms with E-state index in [-0.39, 0.29) is 36.1 Å². The summed E-state index contributed by atoms with van der Waals surface area (Å²) < 4.78 is 6.33. The van der Waals surface area contributed by atoms with Gasteiger partial charge in [-0.2, -0.15) is 5.26 Å². The van der Waals surface area contributed by atoms with Gasteiger partial charge in [0.1, 0.15) is 17.9 Å². The molecule has 48 heavy (non-hydrogen) atoms. The molecule has 2 aromatic heterocycles. The van der Waals surface area contributed by atoms with Crippen LogP contribution in [0.5, 0.6) is 5.75 Å². The van der Waals surface area contributed by atoms with Crippen molar-refractivity contribution in [2.45, 2.75) is 52.8 Å². The SMILES string of the molecule is CC1(C)C(NC(=O)c2ccc(N3CCN(Cc4ccc(N5CCC(=O)NC5=O)cn4)CC3)nn2)C(C)(C)C1Oc1ccc(C#N)c(Cl)c1. The number of urea groups is 1. The number of aromatic nitrogens is 3. The molecule has 14 heteroatoms. The molecule has 6 rings (SSSR count). The number of nitriles is 1. The van der Waals surface area contributed by atoms with Gasteiger partial charge in [-0.3, -0.25) is 29.7 Å². The Hall–Kier alpha value is -4.80. The van der Waals surface area contributed by atoms with Crippen molar-refractivity contribution in [3.63, 3.8) is 0 Å². The third kappa shape index (κ3) is 6.50. The molecule has 13 nitrogen and oxygen atoms in total. The predicted octanol–water partition coefficient (Wildman–Crippen LogP) is 3.78. The van der Waals surface area contributed by atoms with Crippen LogP contribution in [0.2, 0.25) is 5.02 Å². The fourth-order valence-electron chi connectivity index (χ4n) is 7.26. The van der Waals surface area contributed by atoms with E-state index in [1.54, 1.807) is 30.5 Å². The van der Waals surface area contributed by atoms with Gasteiger partial charge in [0.2, 0.25) is 5.91 Å². The maximum atomic E-state index is 13.3. The first-order chi connectivity index (χ1) is 22.9. The lowest BCUT2D eigenvalue weighted by atomic mass is 9.49. The van der Waals surface area contributed by atoms with E-state index in [4.69, 9.17) is 21.6 Å². The Labute approximate surface area is 284 Å². The molecule has 2 saturated heterocycles. The summed E-state index contributed by atoms with van der Waals surface area (Å²) in [6.45, 7) is 12.3. The van der Waals surface area contributed by atoms with Crippen molar-refractivity contribution in [3.05, 3.63) is 70.6 Å². The molecule has 0 radical (unpaired) electrons. The zero-order valence-electron chi connectivity index (χ0n) is 27.4. The van der Waals surface area contributed by atoms with Gasteiger partial charge in [0, 0.05) is 68.6 Å². The average Bonchev–Trinajstić information content (AvgIpc) is 3.07. The fourth-order valence-corrected chi connectivity index (χ4v) is 7.47. The van der Waals surface area contributed by atoms with Crippen LogP contribution < -0.4 is 25.2 Å². The number of hydrogen-bond acceptors (Lipinski definition) is 10. The number of carbonyl (C=O) groups excluding carboxylic acids is 3. The van der Waals surface area contributed by atoms with E-state index in [0.29, 0.717) is 40.9 Å². The quantitative estimate of drug-likeness (QED) is 0.361. The fraction of sp³-hybridized carbons (Fsp3) is 0.441. The van der Waals surface area contributed by atoms with E-state index >= 15 is 0 Å². The lowest BCUT2D eigenvalue weighted by Crippen LogP contribution is -2.74. The standard InChI is InChI=1S/C34H38ClN9O4/c1-33(2)30(34(3,4)31(33)48-24-8-5-21(18-36)25(35)17-24)39-29(46)26-9-10-27(41-40-26)43-15-13-42(14-16-43)20-22-6-7-23(19-37-22)44-12-11-28(45)38-32(44)47/h5-10,17,19,30-31H,11-16,20H2,1-4H3,(H,39,46)(H,38,45,47). The van der Waals surface area contributed by atoms with Crippen LogP contribution in [0.4, 0.5) is 16.3 Å². The Bertz CT molecular complexity index is 1730. The third-order valence-electron chi connectivity index (χ3n) is 9.57. The molecule has 3 aliphatic rings. The monoisotopic (exact) mass is 671 g/mol. The first-order valence-electron chi connectivity index (χ1n) is 15.9. The zero-order valence-corrected chi connectivity index (χ0v) is 28.1. The summed E-state index contributed by atoms with van der Waals surface area (Å²) in [6.07, 6.45) is 1.73. The molecule has 2 aliphatic heterocycles. The number of amides is 4. The van der Waals surface area contributed by atoms with Crippen LogP contribution in [0.25, 0.3) is 0 Å². The molecule has 0 atom stereocenters. The summed E-state index contributed by atoms with van der Waals surface area (Å²) in [5.74, 6) is 0.732. The van der Waals surface area contributed by atoms with Crippen LogP contribution in [-0.4, -0.2) is 82.8 Å². The summed E-state index contributed by atoms with van der Waals surface area (Å²) in [5, 5.41) is 23.6. The second-order valence-corrected chi connectivity index (χ2v) is 14.0. The van der Waals surface area contributed by atoms with Crippen molar-refractivity contribution in [1.29, 1.82) is 5.26 Å². The molecule has 1 aromatic carbocycles. The molecular weight excluding hydrogens is 634 g/mol. The Kier molecular flexibility index (Phi) is 8.98. The molecule has 1 saturated carbocycles. The summed E-state index contributed by atoms with van der Waals surface area (Å²) in [6, 6.07) is 13.8. The van der Waals surface area contributed by atoms with Gasteiger partial charge in [-0.1, -0.05) is 39.3 Å². The molecule has 0 unspecified atom stereocenters. The minimum atomic E-state index is -0.424. The highest BCUT2D eigenvalue weighted by atomic mass is 35.5. The van der Waals surface area contributed by atoms with Crippen LogP contribution >= 0.6 is 11.6 Å². The smallest absolute Gasteiger partial charge is 0.328 e. The molecule has 2 N–H and O–H groups in total. The van der Waals surface area contributed by atoms with Gasteiger partial charge in [0.15, 0.2) is 11.5 Å². The first kappa shape index (κ1) is 33.1. The number of nitrogens with one attached hydrogen (secondary N) is 2. The number of anilines is 2. The van der Waals surface area contributed by atoms with Crippen LogP contribution in [-0.2, 0) is 11.3 Å². The molecule has 4 amide bonds. The number of nitrogens with zero attached hydrogens (tertiary/aromatic N) is 7. The molecule has 3 fully saturated rings. The number of carbonyl (C=O) groups is 3. The van der Waals surface area contributed by atoms with E-state index in [0.717, 1.165) is 31.9 Å². The number of pyridine rings is 1. The highest BCUT2D eigenvalue weighted by Crippen LogP contribution is 2.55. The van der Waals surface area contributed by atoms with Gasteiger partial charge in [-0.05, 0) is 36.4 Å². The lowest BCUT2D eigenvalue weighted by molar-refractivity contribution is -0.164. The first-order valence-corrected chi connectivity index (χ1v) is 16.3. The van der Waals surface area contributed by atoms with E-state index < -0.39 is 16.9 Å². The van der Waals surface area contributed by atoms with Gasteiger partial charge < -0.3 is 15.0 Å². The van der Waals surface area contributed by atoms with Crippen LogP contribution in [0, 0.1) is 22.2 Å². The number of hydrogen-bond donors (Lipinski definition) is 2. The van der Waals surface area contributed by atoms with Gasteiger partial charge >= 0.3 is 6.03 Å². The second kappa shape index (κ2) is 13.0. The summed E-state index contributed by atoms with van der Waals surface area (Å²) in [4.78, 5) is 47.3. The van der Waals surface area contributed by atoms with Crippen molar-refractivity contribution in [3.8, 4) is 11.8 Å². The molecular formula is C34H38ClN9O4. The second-order valence-electron chi connectivity index (χ2n) is 13.6. The number of piperazine rings is 1. The van der Waals surface area contributed by atoms with Crippen molar-refractivity contribution >= 4 is 41.0 Å². The van der Waals surface area contributed by atoms with Crippen molar-refractivity contribution in [1.82, 2.24) is 30.7 Å². The number of rotatable bonds is 8. The van der Waals surface area contributed by atoms with Gasteiger partial charge in [-0.15, -0.1) is 10.2 Å². The highest BCUT2D eigenvalue weighted by Gasteiger charge is 2.64. The van der Waals surface area contributed by atoms with Crippen molar-refractivity contribution < 1.29 is 19.1 Å². The minimum Gasteiger partial charge on any atom is -0.489 e. The van der Waals surface area contributed by atoms with E-state index in [9.17, 15) is 14.4 Å². The van der Waals surface area contributed by atoms with Gasteiger partial charge in [0.05, 0.1) is 28.2 Å². The Balaban J connectivity index is 0.994. The number of imide groups is 1. The summed E-state index contributed by atoms with van der Waals surface area (Å²) in [5.41, 5.74) is 1.40. The van der Waals surface area contributed by atoms with Gasteiger partial charge in [-0.25, -0.2) is 4.79 Å². The van der Waals surface area contributed by atoms with Crippen LogP contribution in [0.15, 0.2) is 48.7 Å². The topological polar surface area (TPSA) is 157 Å². The molecule has 0 spiro atoms. The average molecular weight is 672 g/mol.